The highest BCUT2D eigenvalue weighted by Crippen LogP contribution is 2.01. The lowest BCUT2D eigenvalue weighted by Crippen LogP contribution is -2.24. The van der Waals surface area contributed by atoms with Gasteiger partial charge in [-0.05, 0) is 18.9 Å². The number of nitrogens with zero attached hydrogens (tertiary/aromatic N) is 2. The van der Waals surface area contributed by atoms with E-state index >= 15 is 0 Å². The smallest absolute Gasteiger partial charge is 0.407 e. The number of alkyl carbamates (subject to hydrolysis) is 1. The van der Waals surface area contributed by atoms with Crippen molar-refractivity contribution in [3.63, 3.8) is 0 Å². The number of hydrogen-bond donors (Lipinski definition) is 1. The molecule has 0 aliphatic carbocycles. The quantitative estimate of drug-likeness (QED) is 0.832. The molecule has 0 saturated heterocycles. The number of amides is 1. The van der Waals surface area contributed by atoms with E-state index in [-0.39, 0.29) is 6.61 Å². The molecule has 2 rings (SSSR count). The molecule has 0 radical (unpaired) electrons. The molecule has 0 atom stereocenters. The SMILES string of the molecule is Cc1ncc(C=CCCNC(=O)OCc2ccccc2)cn1. The van der Waals surface area contributed by atoms with E-state index in [1.54, 1.807) is 12.4 Å². The largest absolute Gasteiger partial charge is 0.445 e. The summed E-state index contributed by atoms with van der Waals surface area (Å²) in [4.78, 5) is 19.7. The number of benzene rings is 1. The van der Waals surface area contributed by atoms with Gasteiger partial charge in [0.25, 0.3) is 0 Å². The van der Waals surface area contributed by atoms with Gasteiger partial charge in [-0.2, -0.15) is 0 Å². The summed E-state index contributed by atoms with van der Waals surface area (Å²) in [5, 5.41) is 2.70. The van der Waals surface area contributed by atoms with Crippen molar-refractivity contribution >= 4 is 12.2 Å². The van der Waals surface area contributed by atoms with E-state index in [0.717, 1.165) is 17.0 Å². The summed E-state index contributed by atoms with van der Waals surface area (Å²) in [6.07, 6.45) is 7.73. The first-order chi connectivity index (χ1) is 10.7. The molecule has 22 heavy (non-hydrogen) atoms. The second kappa shape index (κ2) is 8.56. The molecule has 114 valence electrons. The topological polar surface area (TPSA) is 64.1 Å². The Labute approximate surface area is 130 Å². The molecule has 0 aliphatic rings. The van der Waals surface area contributed by atoms with Crippen molar-refractivity contribution in [2.75, 3.05) is 6.54 Å². The van der Waals surface area contributed by atoms with Crippen LogP contribution < -0.4 is 5.32 Å². The van der Waals surface area contributed by atoms with Crippen molar-refractivity contribution in [1.82, 2.24) is 15.3 Å². The van der Waals surface area contributed by atoms with Crippen LogP contribution >= 0.6 is 0 Å². The van der Waals surface area contributed by atoms with Crippen molar-refractivity contribution in [3.05, 3.63) is 65.8 Å². The molecule has 2 aromatic rings. The highest BCUT2D eigenvalue weighted by atomic mass is 16.5. The minimum Gasteiger partial charge on any atom is -0.445 e. The van der Waals surface area contributed by atoms with Gasteiger partial charge in [0, 0.05) is 24.5 Å². The number of hydrogen-bond acceptors (Lipinski definition) is 4. The average Bonchev–Trinajstić information content (AvgIpc) is 2.55. The summed E-state index contributed by atoms with van der Waals surface area (Å²) >= 11 is 0. The molecule has 5 nitrogen and oxygen atoms in total. The lowest BCUT2D eigenvalue weighted by atomic mass is 10.2. The Morgan fingerprint density at radius 1 is 1.23 bits per heavy atom. The normalized spacial score (nSPS) is 10.6. The maximum atomic E-state index is 11.5. The Kier molecular flexibility index (Phi) is 6.11. The number of carbonyl (C=O) groups is 1. The molecule has 1 aromatic carbocycles. The van der Waals surface area contributed by atoms with Crippen LogP contribution in [0.25, 0.3) is 6.08 Å². The van der Waals surface area contributed by atoms with Gasteiger partial charge in [0.05, 0.1) is 0 Å². The zero-order chi connectivity index (χ0) is 15.6. The minimum atomic E-state index is -0.407. The van der Waals surface area contributed by atoms with Crippen LogP contribution in [0.2, 0.25) is 0 Å². The number of carbonyl (C=O) groups excluding carboxylic acids is 1. The number of aryl methyl sites for hydroxylation is 1. The Morgan fingerprint density at radius 2 is 1.95 bits per heavy atom. The molecule has 1 amide bonds. The maximum Gasteiger partial charge on any atom is 0.407 e. The average molecular weight is 297 g/mol. The van der Waals surface area contributed by atoms with Gasteiger partial charge < -0.3 is 10.1 Å². The molecule has 1 N–H and O–H groups in total. The van der Waals surface area contributed by atoms with Gasteiger partial charge >= 0.3 is 6.09 Å². The van der Waals surface area contributed by atoms with E-state index in [0.29, 0.717) is 13.0 Å². The lowest BCUT2D eigenvalue weighted by Gasteiger charge is -2.05. The summed E-state index contributed by atoms with van der Waals surface area (Å²) < 4.78 is 5.11. The Bertz CT molecular complexity index is 610. The van der Waals surface area contributed by atoms with Crippen LogP contribution in [-0.2, 0) is 11.3 Å². The Balaban J connectivity index is 1.61. The fourth-order valence-corrected chi connectivity index (χ4v) is 1.74. The van der Waals surface area contributed by atoms with Crippen molar-refractivity contribution in [2.45, 2.75) is 20.0 Å². The van der Waals surface area contributed by atoms with Gasteiger partial charge in [0.1, 0.15) is 12.4 Å². The highest BCUT2D eigenvalue weighted by Gasteiger charge is 2.00. The van der Waals surface area contributed by atoms with E-state index in [1.807, 2.05) is 49.4 Å². The van der Waals surface area contributed by atoms with Gasteiger partial charge in [0.15, 0.2) is 0 Å². The summed E-state index contributed by atoms with van der Waals surface area (Å²) in [5.41, 5.74) is 1.91. The van der Waals surface area contributed by atoms with Crippen LogP contribution in [0.1, 0.15) is 23.4 Å². The molecular weight excluding hydrogens is 278 g/mol. The Morgan fingerprint density at radius 3 is 2.68 bits per heavy atom. The Hall–Kier alpha value is -2.69. The first kappa shape index (κ1) is 15.7. The first-order valence-electron chi connectivity index (χ1n) is 7.14. The zero-order valence-corrected chi connectivity index (χ0v) is 12.5. The van der Waals surface area contributed by atoms with Crippen LogP contribution in [0.3, 0.4) is 0 Å². The fourth-order valence-electron chi connectivity index (χ4n) is 1.74. The summed E-state index contributed by atoms with van der Waals surface area (Å²) in [6.45, 7) is 2.65. The standard InChI is InChI=1S/C17H19N3O2/c1-14-19-11-16(12-20-14)9-5-6-10-18-17(21)22-13-15-7-3-2-4-8-15/h2-5,7-9,11-12H,6,10,13H2,1H3,(H,18,21). The van der Waals surface area contributed by atoms with Gasteiger partial charge in [0.2, 0.25) is 0 Å². The minimum absolute atomic E-state index is 0.281. The van der Waals surface area contributed by atoms with Crippen LogP contribution in [0.15, 0.2) is 48.8 Å². The van der Waals surface area contributed by atoms with E-state index < -0.39 is 6.09 Å². The number of nitrogens with one attached hydrogen (secondary N) is 1. The van der Waals surface area contributed by atoms with E-state index in [4.69, 9.17) is 4.74 Å². The van der Waals surface area contributed by atoms with Crippen molar-refractivity contribution in [3.8, 4) is 0 Å². The molecule has 0 unspecified atom stereocenters. The zero-order valence-electron chi connectivity index (χ0n) is 12.5. The summed E-state index contributed by atoms with van der Waals surface area (Å²) in [6, 6.07) is 9.58. The van der Waals surface area contributed by atoms with Gasteiger partial charge in [-0.1, -0.05) is 42.5 Å². The maximum absolute atomic E-state index is 11.5. The monoisotopic (exact) mass is 297 g/mol. The highest BCUT2D eigenvalue weighted by molar-refractivity contribution is 5.67. The van der Waals surface area contributed by atoms with Crippen LogP contribution in [0.4, 0.5) is 4.79 Å². The predicted octanol–water partition coefficient (Wildman–Crippen LogP) is 3.11. The molecule has 0 saturated carbocycles. The van der Waals surface area contributed by atoms with Crippen molar-refractivity contribution in [1.29, 1.82) is 0 Å². The summed E-state index contributed by atoms with van der Waals surface area (Å²) in [5.74, 6) is 0.750. The molecular formula is C17H19N3O2. The second-order valence-corrected chi connectivity index (χ2v) is 4.74. The van der Waals surface area contributed by atoms with Crippen molar-refractivity contribution in [2.24, 2.45) is 0 Å². The van der Waals surface area contributed by atoms with Crippen LogP contribution in [0, 0.1) is 6.92 Å². The molecule has 0 fully saturated rings. The number of rotatable bonds is 6. The third-order valence-electron chi connectivity index (χ3n) is 2.90. The lowest BCUT2D eigenvalue weighted by molar-refractivity contribution is 0.140. The molecule has 1 aromatic heterocycles. The number of aromatic nitrogens is 2. The molecule has 1 heterocycles. The molecule has 0 aliphatic heterocycles. The number of ether oxygens (including phenoxy) is 1. The summed E-state index contributed by atoms with van der Waals surface area (Å²) in [7, 11) is 0. The van der Waals surface area contributed by atoms with Crippen molar-refractivity contribution < 1.29 is 9.53 Å². The van der Waals surface area contributed by atoms with Gasteiger partial charge in [-0.15, -0.1) is 0 Å². The van der Waals surface area contributed by atoms with Crippen LogP contribution in [-0.4, -0.2) is 22.6 Å². The third kappa shape index (κ3) is 5.75. The molecule has 5 heteroatoms. The second-order valence-electron chi connectivity index (χ2n) is 4.74. The van der Waals surface area contributed by atoms with E-state index in [9.17, 15) is 4.79 Å². The van der Waals surface area contributed by atoms with Gasteiger partial charge in [-0.3, -0.25) is 0 Å². The van der Waals surface area contributed by atoms with Gasteiger partial charge in [-0.25, -0.2) is 14.8 Å². The predicted molar refractivity (Wildman–Crippen MR) is 85.0 cm³/mol. The first-order valence-corrected chi connectivity index (χ1v) is 7.14. The van der Waals surface area contributed by atoms with E-state index in [1.165, 1.54) is 0 Å². The third-order valence-corrected chi connectivity index (χ3v) is 2.90. The molecule has 0 bridgehead atoms. The van der Waals surface area contributed by atoms with E-state index in [2.05, 4.69) is 15.3 Å². The molecule has 0 spiro atoms. The van der Waals surface area contributed by atoms with Crippen LogP contribution in [0.5, 0.6) is 0 Å². The fraction of sp³-hybridized carbons (Fsp3) is 0.235.